The van der Waals surface area contributed by atoms with Crippen molar-refractivity contribution in [1.82, 2.24) is 15.3 Å². The number of aromatic nitrogens is 2. The summed E-state index contributed by atoms with van der Waals surface area (Å²) in [6, 6.07) is 15.6. The molecule has 0 aliphatic heterocycles. The van der Waals surface area contributed by atoms with Crippen LogP contribution in [0.15, 0.2) is 60.9 Å². The number of nitrogens with zero attached hydrogens (tertiary/aromatic N) is 2. The summed E-state index contributed by atoms with van der Waals surface area (Å²) in [4.78, 5) is 20.9. The summed E-state index contributed by atoms with van der Waals surface area (Å²) in [6.45, 7) is 5.93. The highest BCUT2D eigenvalue weighted by Gasteiger charge is 2.08. The van der Waals surface area contributed by atoms with Gasteiger partial charge in [0.25, 0.3) is 5.91 Å². The van der Waals surface area contributed by atoms with Crippen LogP contribution in [-0.4, -0.2) is 21.9 Å². The topological polar surface area (TPSA) is 66.9 Å². The molecule has 1 aromatic heterocycles. The summed E-state index contributed by atoms with van der Waals surface area (Å²) >= 11 is 0. The van der Waals surface area contributed by atoms with Crippen LogP contribution in [0.4, 0.5) is 11.6 Å². The van der Waals surface area contributed by atoms with E-state index in [1.54, 1.807) is 24.5 Å². The predicted octanol–water partition coefficient (Wildman–Crippen LogP) is 4.33. The van der Waals surface area contributed by atoms with Crippen molar-refractivity contribution >= 4 is 17.5 Å². The van der Waals surface area contributed by atoms with E-state index in [1.165, 1.54) is 5.56 Å². The van der Waals surface area contributed by atoms with E-state index >= 15 is 0 Å². The van der Waals surface area contributed by atoms with Crippen molar-refractivity contribution in [3.8, 4) is 11.1 Å². The average Bonchev–Trinajstić information content (AvgIpc) is 2.62. The van der Waals surface area contributed by atoms with Gasteiger partial charge in [0.1, 0.15) is 0 Å². The lowest BCUT2D eigenvalue weighted by Gasteiger charge is -2.10. The molecule has 0 aliphatic carbocycles. The number of carbonyl (C=O) groups excluding carboxylic acids is 1. The van der Waals surface area contributed by atoms with Crippen molar-refractivity contribution in [2.24, 2.45) is 0 Å². The molecule has 0 unspecified atom stereocenters. The smallest absolute Gasteiger partial charge is 0.251 e. The maximum atomic E-state index is 12.1. The first-order chi connectivity index (χ1) is 12.5. The van der Waals surface area contributed by atoms with E-state index in [0.29, 0.717) is 11.5 Å². The van der Waals surface area contributed by atoms with Crippen molar-refractivity contribution in [3.05, 3.63) is 72.1 Å². The van der Waals surface area contributed by atoms with Gasteiger partial charge in [0.15, 0.2) is 0 Å². The SMILES string of the molecule is Cc1cccc(-c2cnc(Nc3cccc(C(=O)NC(C)C)c3)nc2)c1. The molecule has 2 aromatic carbocycles. The fourth-order valence-electron chi connectivity index (χ4n) is 2.58. The van der Waals surface area contributed by atoms with Crippen LogP contribution in [0.5, 0.6) is 0 Å². The highest BCUT2D eigenvalue weighted by Crippen LogP contribution is 2.20. The first-order valence-corrected chi connectivity index (χ1v) is 8.58. The van der Waals surface area contributed by atoms with E-state index in [-0.39, 0.29) is 11.9 Å². The van der Waals surface area contributed by atoms with Crippen molar-refractivity contribution in [3.63, 3.8) is 0 Å². The number of anilines is 2. The molecule has 1 amide bonds. The summed E-state index contributed by atoms with van der Waals surface area (Å²) in [6.07, 6.45) is 3.58. The molecule has 0 fully saturated rings. The lowest BCUT2D eigenvalue weighted by molar-refractivity contribution is 0.0943. The Morgan fingerprint density at radius 1 is 0.962 bits per heavy atom. The first-order valence-electron chi connectivity index (χ1n) is 8.58. The minimum atomic E-state index is -0.0978. The van der Waals surface area contributed by atoms with Gasteiger partial charge in [-0.1, -0.05) is 35.9 Å². The molecule has 0 radical (unpaired) electrons. The Morgan fingerprint density at radius 3 is 2.38 bits per heavy atom. The van der Waals surface area contributed by atoms with Crippen molar-refractivity contribution in [1.29, 1.82) is 0 Å². The van der Waals surface area contributed by atoms with Crippen LogP contribution in [0, 0.1) is 6.92 Å². The van der Waals surface area contributed by atoms with Crippen LogP contribution in [0.2, 0.25) is 0 Å². The quantitative estimate of drug-likeness (QED) is 0.721. The van der Waals surface area contributed by atoms with Crippen molar-refractivity contribution < 1.29 is 4.79 Å². The third-order valence-corrected chi connectivity index (χ3v) is 3.80. The van der Waals surface area contributed by atoms with Gasteiger partial charge in [-0.3, -0.25) is 4.79 Å². The molecule has 0 saturated heterocycles. The van der Waals surface area contributed by atoms with Crippen LogP contribution in [0.3, 0.4) is 0 Å². The highest BCUT2D eigenvalue weighted by molar-refractivity contribution is 5.95. The first kappa shape index (κ1) is 17.6. The third-order valence-electron chi connectivity index (χ3n) is 3.80. The van der Waals surface area contributed by atoms with Gasteiger partial charge in [0.2, 0.25) is 5.95 Å². The molecule has 2 N–H and O–H groups in total. The molecule has 5 heteroatoms. The van der Waals surface area contributed by atoms with E-state index in [2.05, 4.69) is 39.7 Å². The second-order valence-corrected chi connectivity index (χ2v) is 6.50. The molecular formula is C21H22N4O. The zero-order chi connectivity index (χ0) is 18.5. The van der Waals surface area contributed by atoms with E-state index in [1.807, 2.05) is 38.1 Å². The minimum Gasteiger partial charge on any atom is -0.350 e. The lowest BCUT2D eigenvalue weighted by atomic mass is 10.1. The number of rotatable bonds is 5. The van der Waals surface area contributed by atoms with E-state index in [9.17, 15) is 4.79 Å². The molecule has 0 bridgehead atoms. The Bertz CT molecular complexity index is 904. The van der Waals surface area contributed by atoms with Gasteiger partial charge >= 0.3 is 0 Å². The molecule has 1 heterocycles. The molecule has 0 spiro atoms. The molecule has 0 atom stereocenters. The van der Waals surface area contributed by atoms with Gasteiger partial charge in [0, 0.05) is 35.2 Å². The summed E-state index contributed by atoms with van der Waals surface area (Å²) < 4.78 is 0. The monoisotopic (exact) mass is 346 g/mol. The molecule has 26 heavy (non-hydrogen) atoms. The normalized spacial score (nSPS) is 10.6. The molecule has 5 nitrogen and oxygen atoms in total. The fraction of sp³-hybridized carbons (Fsp3) is 0.190. The highest BCUT2D eigenvalue weighted by atomic mass is 16.1. The van der Waals surface area contributed by atoms with Crippen LogP contribution < -0.4 is 10.6 Å². The van der Waals surface area contributed by atoms with Crippen LogP contribution in [0.1, 0.15) is 29.8 Å². The number of amides is 1. The number of aryl methyl sites for hydroxylation is 1. The van der Waals surface area contributed by atoms with E-state index in [0.717, 1.165) is 16.8 Å². The number of benzene rings is 2. The Hall–Kier alpha value is -3.21. The summed E-state index contributed by atoms with van der Waals surface area (Å²) in [5.41, 5.74) is 4.61. The number of carbonyl (C=O) groups is 1. The number of hydrogen-bond acceptors (Lipinski definition) is 4. The van der Waals surface area contributed by atoms with Gasteiger partial charge in [-0.25, -0.2) is 9.97 Å². The van der Waals surface area contributed by atoms with Crippen LogP contribution >= 0.6 is 0 Å². The van der Waals surface area contributed by atoms with Crippen LogP contribution in [-0.2, 0) is 0 Å². The van der Waals surface area contributed by atoms with E-state index in [4.69, 9.17) is 0 Å². The second kappa shape index (κ2) is 7.78. The van der Waals surface area contributed by atoms with Gasteiger partial charge in [-0.2, -0.15) is 0 Å². The molecule has 3 aromatic rings. The van der Waals surface area contributed by atoms with Gasteiger partial charge in [-0.15, -0.1) is 0 Å². The van der Waals surface area contributed by atoms with E-state index < -0.39 is 0 Å². The Balaban J connectivity index is 1.74. The maximum absolute atomic E-state index is 12.1. The third kappa shape index (κ3) is 4.45. The van der Waals surface area contributed by atoms with Gasteiger partial charge in [-0.05, 0) is 44.5 Å². The van der Waals surface area contributed by atoms with Gasteiger partial charge in [0.05, 0.1) is 0 Å². The molecule has 0 aliphatic rings. The Labute approximate surface area is 153 Å². The number of nitrogens with one attached hydrogen (secondary N) is 2. The van der Waals surface area contributed by atoms with Crippen LogP contribution in [0.25, 0.3) is 11.1 Å². The Morgan fingerprint density at radius 2 is 1.69 bits per heavy atom. The molecule has 3 rings (SSSR count). The Kier molecular flexibility index (Phi) is 5.27. The molecular weight excluding hydrogens is 324 g/mol. The fourth-order valence-corrected chi connectivity index (χ4v) is 2.58. The standard InChI is InChI=1S/C21H22N4O/c1-14(2)24-20(26)17-8-5-9-19(11-17)25-21-22-12-18(13-23-21)16-7-4-6-15(3)10-16/h4-14H,1-3H3,(H,24,26)(H,22,23,25). The number of hydrogen-bond donors (Lipinski definition) is 2. The maximum Gasteiger partial charge on any atom is 0.251 e. The van der Waals surface area contributed by atoms with Gasteiger partial charge < -0.3 is 10.6 Å². The summed E-state index contributed by atoms with van der Waals surface area (Å²) in [5.74, 6) is 0.391. The summed E-state index contributed by atoms with van der Waals surface area (Å²) in [7, 11) is 0. The average molecular weight is 346 g/mol. The van der Waals surface area contributed by atoms with Crippen molar-refractivity contribution in [2.45, 2.75) is 26.8 Å². The largest absolute Gasteiger partial charge is 0.350 e. The van der Waals surface area contributed by atoms with Crippen molar-refractivity contribution in [2.75, 3.05) is 5.32 Å². The molecule has 132 valence electrons. The zero-order valence-electron chi connectivity index (χ0n) is 15.2. The lowest BCUT2D eigenvalue weighted by Crippen LogP contribution is -2.30. The molecule has 0 saturated carbocycles. The minimum absolute atomic E-state index is 0.0941. The zero-order valence-corrected chi connectivity index (χ0v) is 15.2. The second-order valence-electron chi connectivity index (χ2n) is 6.50. The predicted molar refractivity (Wildman–Crippen MR) is 105 cm³/mol. The summed E-state index contributed by atoms with van der Waals surface area (Å²) in [5, 5.41) is 6.02.